The number of piperidine rings is 1. The molecule has 2 bridgehead atoms. The molecule has 6 rings (SSSR count). The van der Waals surface area contributed by atoms with Crippen LogP contribution in [0.2, 0.25) is 0 Å². The fraction of sp³-hybridized carbons (Fsp3) is 0.378. The average Bonchev–Trinajstić information content (AvgIpc) is 3.09. The summed E-state index contributed by atoms with van der Waals surface area (Å²) in [6, 6.07) is 19.6. The average molecular weight is 657 g/mol. The zero-order valence-corrected chi connectivity index (χ0v) is 27.3. The Labute approximate surface area is 278 Å². The number of methoxy groups -OCH3 is 3. The van der Waals surface area contributed by atoms with Crippen molar-refractivity contribution in [3.05, 3.63) is 116 Å². The van der Waals surface area contributed by atoms with Gasteiger partial charge in [0.05, 0.1) is 46.8 Å². The van der Waals surface area contributed by atoms with Crippen molar-refractivity contribution in [3.63, 3.8) is 0 Å². The van der Waals surface area contributed by atoms with E-state index < -0.39 is 23.1 Å². The minimum atomic E-state index is -0.921. The van der Waals surface area contributed by atoms with Gasteiger partial charge in [-0.2, -0.15) is 0 Å². The van der Waals surface area contributed by atoms with Crippen LogP contribution in [-0.4, -0.2) is 61.6 Å². The standard InChI is InChI=1S/C37H40N2O9/c1-44-26-12-10-23(11-13-26)14-15-47-36-28(6-4-8-32(36)45-2)29(18-34(42)46-3)37-35(43)31(40)17-27(48-37)22-38-19-24-16-25(21-38)30-7-5-9-33(41)39(30)20-24/h4-13,17,24-25,29,43H,14-16,18-22H2,1-3H3/t24-,25+,29-/m1/s1. The van der Waals surface area contributed by atoms with Gasteiger partial charge in [0.25, 0.3) is 5.56 Å². The van der Waals surface area contributed by atoms with Gasteiger partial charge >= 0.3 is 5.97 Å². The second kappa shape index (κ2) is 14.4. The molecule has 48 heavy (non-hydrogen) atoms. The number of aromatic hydroxyl groups is 1. The monoisotopic (exact) mass is 656 g/mol. The Kier molecular flexibility index (Phi) is 9.86. The topological polar surface area (TPSA) is 130 Å². The lowest BCUT2D eigenvalue weighted by Gasteiger charge is -2.42. The van der Waals surface area contributed by atoms with Crippen molar-refractivity contribution < 1.29 is 33.3 Å². The Morgan fingerprint density at radius 3 is 2.52 bits per heavy atom. The molecule has 2 aromatic heterocycles. The van der Waals surface area contributed by atoms with E-state index in [1.807, 2.05) is 34.9 Å². The Morgan fingerprint density at radius 2 is 1.77 bits per heavy atom. The summed E-state index contributed by atoms with van der Waals surface area (Å²) in [5, 5.41) is 11.1. The highest BCUT2D eigenvalue weighted by Crippen LogP contribution is 2.43. The largest absolute Gasteiger partial charge is 0.502 e. The number of carbonyl (C=O) groups excluding carboxylic acids is 1. The van der Waals surface area contributed by atoms with E-state index in [0.29, 0.717) is 48.9 Å². The lowest BCUT2D eigenvalue weighted by atomic mass is 9.83. The van der Waals surface area contributed by atoms with Crippen molar-refractivity contribution in [3.8, 4) is 23.0 Å². The molecule has 1 N–H and O–H groups in total. The molecule has 0 radical (unpaired) electrons. The Balaban J connectivity index is 1.30. The van der Waals surface area contributed by atoms with Crippen LogP contribution < -0.4 is 25.2 Å². The maximum absolute atomic E-state index is 13.2. The van der Waals surface area contributed by atoms with E-state index in [1.54, 1.807) is 37.4 Å². The van der Waals surface area contributed by atoms with Crippen molar-refractivity contribution in [2.24, 2.45) is 5.92 Å². The molecular formula is C37H40N2O9. The van der Waals surface area contributed by atoms with Crippen LogP contribution in [0.15, 0.2) is 80.7 Å². The predicted octanol–water partition coefficient (Wildman–Crippen LogP) is 4.46. The highest BCUT2D eigenvalue weighted by molar-refractivity contribution is 5.72. The Morgan fingerprint density at radius 1 is 0.979 bits per heavy atom. The van der Waals surface area contributed by atoms with Gasteiger partial charge < -0.3 is 33.0 Å². The minimum absolute atomic E-state index is 0.0168. The number of para-hydroxylation sites is 1. The van der Waals surface area contributed by atoms with Crippen LogP contribution in [-0.2, 0) is 29.0 Å². The number of likely N-dealkylation sites (tertiary alicyclic amines) is 1. The molecule has 0 unspecified atom stereocenters. The van der Waals surface area contributed by atoms with Crippen molar-refractivity contribution in [1.29, 1.82) is 0 Å². The van der Waals surface area contributed by atoms with Crippen LogP contribution >= 0.6 is 0 Å². The first-order chi connectivity index (χ1) is 23.3. The summed E-state index contributed by atoms with van der Waals surface area (Å²) in [4.78, 5) is 40.7. The van der Waals surface area contributed by atoms with Crippen LogP contribution in [0.25, 0.3) is 0 Å². The van der Waals surface area contributed by atoms with Crippen LogP contribution in [0, 0.1) is 5.92 Å². The number of hydrogen-bond donors (Lipinski definition) is 1. The van der Waals surface area contributed by atoms with Crippen molar-refractivity contribution in [2.45, 2.75) is 44.2 Å². The molecule has 0 saturated carbocycles. The lowest BCUT2D eigenvalue weighted by Crippen LogP contribution is -2.46. The number of carbonyl (C=O) groups is 1. The molecule has 0 amide bonds. The maximum Gasteiger partial charge on any atom is 0.306 e. The summed E-state index contributed by atoms with van der Waals surface area (Å²) in [6.45, 7) is 2.66. The minimum Gasteiger partial charge on any atom is -0.502 e. The highest BCUT2D eigenvalue weighted by Gasteiger charge is 2.35. The summed E-state index contributed by atoms with van der Waals surface area (Å²) >= 11 is 0. The molecule has 0 spiro atoms. The number of benzene rings is 2. The fourth-order valence-corrected chi connectivity index (χ4v) is 6.99. The summed E-state index contributed by atoms with van der Waals surface area (Å²) < 4.78 is 30.4. The van der Waals surface area contributed by atoms with Crippen LogP contribution in [0.4, 0.5) is 0 Å². The molecule has 252 valence electrons. The summed E-state index contributed by atoms with van der Waals surface area (Å²) in [7, 11) is 4.42. The second-order valence-electron chi connectivity index (χ2n) is 12.3. The molecule has 11 heteroatoms. The number of pyridine rings is 1. The van der Waals surface area contributed by atoms with Gasteiger partial charge in [-0.1, -0.05) is 30.3 Å². The third-order valence-electron chi connectivity index (χ3n) is 9.25. The molecule has 2 aromatic carbocycles. The van der Waals surface area contributed by atoms with Gasteiger partial charge in [-0.3, -0.25) is 19.3 Å². The fourth-order valence-electron chi connectivity index (χ4n) is 6.99. The predicted molar refractivity (Wildman–Crippen MR) is 177 cm³/mol. The quantitative estimate of drug-likeness (QED) is 0.218. The van der Waals surface area contributed by atoms with Gasteiger partial charge in [-0.05, 0) is 42.2 Å². The van der Waals surface area contributed by atoms with Crippen molar-refractivity contribution in [2.75, 3.05) is 41.0 Å². The number of hydrogen-bond acceptors (Lipinski definition) is 10. The molecule has 2 aliphatic rings. The van der Waals surface area contributed by atoms with E-state index in [-0.39, 0.29) is 36.2 Å². The molecule has 1 fully saturated rings. The number of fused-ring (bicyclic) bond motifs is 4. The number of aromatic nitrogens is 1. The zero-order chi connectivity index (χ0) is 33.8. The second-order valence-corrected chi connectivity index (χ2v) is 12.3. The SMILES string of the molecule is COC(=O)C[C@H](c1cccc(OC)c1OCCc1ccc(OC)cc1)c1oc(CN2C[C@H]3C[C@@H](C2)c2cccc(=O)n2C3)cc(=O)c1O. The Bertz CT molecular complexity index is 1880. The van der Waals surface area contributed by atoms with E-state index in [2.05, 4.69) is 4.90 Å². The first kappa shape index (κ1) is 32.9. The summed E-state index contributed by atoms with van der Waals surface area (Å²) in [5.74, 6) is 0.255. The molecule has 11 nitrogen and oxygen atoms in total. The molecule has 2 aliphatic heterocycles. The number of esters is 1. The molecule has 3 atom stereocenters. The number of ether oxygens (including phenoxy) is 4. The summed E-state index contributed by atoms with van der Waals surface area (Å²) in [6.07, 6.45) is 1.34. The van der Waals surface area contributed by atoms with Crippen molar-refractivity contribution >= 4 is 5.97 Å². The van der Waals surface area contributed by atoms with Gasteiger partial charge in [0.2, 0.25) is 11.2 Å². The van der Waals surface area contributed by atoms with Gasteiger partial charge in [0.1, 0.15) is 11.5 Å². The van der Waals surface area contributed by atoms with Crippen LogP contribution in [0.5, 0.6) is 23.0 Å². The van der Waals surface area contributed by atoms with E-state index >= 15 is 0 Å². The first-order valence-corrected chi connectivity index (χ1v) is 16.0. The number of rotatable bonds is 12. The molecule has 4 heterocycles. The number of nitrogens with zero attached hydrogens (tertiary/aromatic N) is 2. The van der Waals surface area contributed by atoms with E-state index in [9.17, 15) is 19.5 Å². The Hall–Kier alpha value is -5.03. The van der Waals surface area contributed by atoms with Gasteiger partial charge in [-0.15, -0.1) is 0 Å². The van der Waals surface area contributed by atoms with Gasteiger partial charge in [0, 0.05) is 55.4 Å². The van der Waals surface area contributed by atoms with E-state index in [1.165, 1.54) is 20.3 Å². The highest BCUT2D eigenvalue weighted by atomic mass is 16.5. The lowest BCUT2D eigenvalue weighted by molar-refractivity contribution is -0.140. The molecule has 0 aliphatic carbocycles. The normalized spacial score (nSPS) is 17.6. The van der Waals surface area contributed by atoms with Crippen LogP contribution in [0.3, 0.4) is 0 Å². The van der Waals surface area contributed by atoms with E-state index in [4.69, 9.17) is 23.4 Å². The van der Waals surface area contributed by atoms with Crippen molar-refractivity contribution in [1.82, 2.24) is 9.47 Å². The molecular weight excluding hydrogens is 616 g/mol. The molecule has 4 aromatic rings. The third-order valence-corrected chi connectivity index (χ3v) is 9.25. The maximum atomic E-state index is 13.2. The smallest absolute Gasteiger partial charge is 0.306 e. The molecule has 1 saturated heterocycles. The van der Waals surface area contributed by atoms with Gasteiger partial charge in [0.15, 0.2) is 17.3 Å². The van der Waals surface area contributed by atoms with Crippen LogP contribution in [0.1, 0.15) is 53.0 Å². The third kappa shape index (κ3) is 6.96. The zero-order valence-electron chi connectivity index (χ0n) is 27.3. The van der Waals surface area contributed by atoms with Gasteiger partial charge in [-0.25, -0.2) is 0 Å². The summed E-state index contributed by atoms with van der Waals surface area (Å²) in [5.41, 5.74) is 1.96. The van der Waals surface area contributed by atoms with E-state index in [0.717, 1.165) is 30.0 Å². The first-order valence-electron chi connectivity index (χ1n) is 16.0.